The van der Waals surface area contributed by atoms with Crippen LogP contribution in [0.5, 0.6) is 0 Å². The smallest absolute Gasteiger partial charge is 0.323 e. The molecule has 0 atom stereocenters. The van der Waals surface area contributed by atoms with Crippen molar-refractivity contribution in [3.63, 3.8) is 0 Å². The average molecular weight is 933 g/mol. The highest BCUT2D eigenvalue weighted by molar-refractivity contribution is 6.11. The normalized spacial score (nSPS) is 14.1. The van der Waals surface area contributed by atoms with Crippen LogP contribution in [-0.2, 0) is 22.6 Å². The van der Waals surface area contributed by atoms with Crippen LogP contribution in [-0.4, -0.2) is 84.4 Å². The Kier molecular flexibility index (Phi) is 15.2. The van der Waals surface area contributed by atoms with Gasteiger partial charge in [-0.05, 0) is 103 Å². The van der Waals surface area contributed by atoms with Gasteiger partial charge in [-0.2, -0.15) is 0 Å². The third-order valence-corrected chi connectivity index (χ3v) is 13.1. The number of carbonyl (C=O) groups is 2. The second-order valence-corrected chi connectivity index (χ2v) is 18.0. The molecule has 2 aliphatic heterocycles. The lowest BCUT2D eigenvalue weighted by molar-refractivity contribution is 0.0336. The van der Waals surface area contributed by atoms with Gasteiger partial charge in [0.1, 0.15) is 0 Å². The Morgan fingerprint density at radius 2 is 0.929 bits per heavy atom. The highest BCUT2D eigenvalue weighted by Crippen LogP contribution is 2.35. The zero-order valence-corrected chi connectivity index (χ0v) is 40.3. The van der Waals surface area contributed by atoms with Gasteiger partial charge >= 0.3 is 12.1 Å². The second kappa shape index (κ2) is 22.3. The molecule has 12 nitrogen and oxygen atoms in total. The Hall–Kier alpha value is -7.48. The minimum atomic E-state index is -0.260. The van der Waals surface area contributed by atoms with E-state index in [1.54, 1.807) is 0 Å². The molecule has 10 rings (SSSR count). The van der Waals surface area contributed by atoms with E-state index in [2.05, 4.69) is 79.6 Å². The fourth-order valence-corrected chi connectivity index (χ4v) is 9.04. The molecule has 2 aliphatic rings. The summed E-state index contributed by atoms with van der Waals surface area (Å²) in [6, 6.07) is 44.1. The quantitative estimate of drug-likeness (QED) is 0.107. The molecule has 0 unspecified atom stereocenters. The summed E-state index contributed by atoms with van der Waals surface area (Å²) < 4.78 is 10.9. The molecule has 0 bridgehead atoms. The number of ether oxygens (including phenoxy) is 2. The molecule has 4 heterocycles. The van der Waals surface area contributed by atoms with Crippen LogP contribution in [0.2, 0.25) is 0 Å². The molecule has 356 valence electrons. The molecule has 2 saturated heterocycles. The Morgan fingerprint density at radius 1 is 0.471 bits per heavy atom. The number of carbonyl (C=O) groups excluding carboxylic acids is 2. The zero-order chi connectivity index (χ0) is 48.4. The Bertz CT molecular complexity index is 3110. The van der Waals surface area contributed by atoms with Crippen molar-refractivity contribution in [3.05, 3.63) is 179 Å². The molecule has 2 fully saturated rings. The lowest BCUT2D eigenvalue weighted by atomic mass is 9.98. The zero-order valence-electron chi connectivity index (χ0n) is 40.3. The van der Waals surface area contributed by atoms with Crippen LogP contribution in [0.15, 0.2) is 146 Å². The van der Waals surface area contributed by atoms with Gasteiger partial charge in [-0.25, -0.2) is 9.59 Å². The van der Waals surface area contributed by atoms with E-state index in [9.17, 15) is 9.59 Å². The number of benzene rings is 6. The SMILES string of the molecule is Cc1ccc(NC(=O)Nc2ccc(-c3ccc(CN4CCOCC4)nc3)c3ccccc23)c(C)c1.Cc1cccc(NC(=O)Nc2ccc(-c3ccc(CN4CCOCC4)nc3)c3ccccc23)c1C. The largest absolute Gasteiger partial charge is 0.379 e. The minimum Gasteiger partial charge on any atom is -0.379 e. The fourth-order valence-electron chi connectivity index (χ4n) is 9.04. The van der Waals surface area contributed by atoms with Gasteiger partial charge in [-0.3, -0.25) is 19.8 Å². The Balaban J connectivity index is 0.000000174. The van der Waals surface area contributed by atoms with Crippen molar-refractivity contribution in [2.45, 2.75) is 40.8 Å². The van der Waals surface area contributed by atoms with E-state index in [1.807, 2.05) is 125 Å². The standard InChI is InChI=1S/2C29H30N4O2/c1-20-6-5-9-27(21(20)2)31-29(34)32-28-13-12-24(25-7-3-4-8-26(25)28)22-10-11-23(30-18-22)19-33-14-16-35-17-15-33;1-20-7-11-27(21(2)17-20)31-29(34)32-28-12-10-24(25-5-3-4-6-26(25)28)22-8-9-23(30-18-22)19-33-13-15-35-16-14-33/h3-13,18H,14-17,19H2,1-2H3,(H2,31,32,34);3-12,17-18H,13-16,19H2,1-2H3,(H2,31,32,34). The topological polar surface area (TPSA) is 133 Å². The number of hydrogen-bond acceptors (Lipinski definition) is 8. The van der Waals surface area contributed by atoms with Gasteiger partial charge in [0.2, 0.25) is 0 Å². The average Bonchev–Trinajstić information content (AvgIpc) is 3.38. The summed E-state index contributed by atoms with van der Waals surface area (Å²) in [5.41, 5.74) is 14.0. The first-order valence-electron chi connectivity index (χ1n) is 24.0. The van der Waals surface area contributed by atoms with E-state index in [1.165, 1.54) is 5.56 Å². The highest BCUT2D eigenvalue weighted by atomic mass is 16.5. The number of aromatic nitrogens is 2. The second-order valence-electron chi connectivity index (χ2n) is 18.0. The van der Waals surface area contributed by atoms with Crippen molar-refractivity contribution in [2.24, 2.45) is 0 Å². The number of urea groups is 2. The molecular formula is C58H60N8O4. The number of amides is 4. The molecular weight excluding hydrogens is 873 g/mol. The van der Waals surface area contributed by atoms with Crippen LogP contribution in [0.3, 0.4) is 0 Å². The van der Waals surface area contributed by atoms with E-state index in [-0.39, 0.29) is 12.1 Å². The Labute approximate surface area is 410 Å². The molecule has 12 heteroatoms. The van der Waals surface area contributed by atoms with Crippen molar-refractivity contribution in [3.8, 4) is 22.3 Å². The van der Waals surface area contributed by atoms with E-state index in [0.717, 1.165) is 160 Å². The summed E-state index contributed by atoms with van der Waals surface area (Å²) >= 11 is 0. The maximum absolute atomic E-state index is 12.8. The first-order chi connectivity index (χ1) is 34.1. The number of rotatable bonds is 10. The van der Waals surface area contributed by atoms with Gasteiger partial charge in [0.15, 0.2) is 0 Å². The third-order valence-electron chi connectivity index (χ3n) is 13.1. The van der Waals surface area contributed by atoms with Crippen LogP contribution in [0.4, 0.5) is 32.3 Å². The summed E-state index contributed by atoms with van der Waals surface area (Å²) in [4.78, 5) is 39.8. The first kappa shape index (κ1) is 47.6. The van der Waals surface area contributed by atoms with E-state index in [0.29, 0.717) is 0 Å². The monoisotopic (exact) mass is 932 g/mol. The molecule has 0 aliphatic carbocycles. The number of fused-ring (bicyclic) bond motifs is 2. The summed E-state index contributed by atoms with van der Waals surface area (Å²) in [6.07, 6.45) is 3.88. The number of aryl methyl sites for hydroxylation is 3. The third kappa shape index (κ3) is 11.7. The molecule has 0 saturated carbocycles. The van der Waals surface area contributed by atoms with Gasteiger partial charge in [0, 0.05) is 84.9 Å². The summed E-state index contributed by atoms with van der Waals surface area (Å²) in [5, 5.41) is 16.1. The van der Waals surface area contributed by atoms with Gasteiger partial charge in [-0.15, -0.1) is 0 Å². The van der Waals surface area contributed by atoms with Gasteiger partial charge in [0.25, 0.3) is 0 Å². The number of pyridine rings is 2. The van der Waals surface area contributed by atoms with Crippen LogP contribution >= 0.6 is 0 Å². The number of morpholine rings is 2. The molecule has 4 amide bonds. The van der Waals surface area contributed by atoms with Crippen molar-refractivity contribution < 1.29 is 19.1 Å². The summed E-state index contributed by atoms with van der Waals surface area (Å²) in [5.74, 6) is 0. The molecule has 0 spiro atoms. The minimum absolute atomic E-state index is 0.259. The number of nitrogens with one attached hydrogen (secondary N) is 4. The summed E-state index contributed by atoms with van der Waals surface area (Å²) in [6.45, 7) is 16.7. The van der Waals surface area contributed by atoms with E-state index in [4.69, 9.17) is 19.4 Å². The van der Waals surface area contributed by atoms with Crippen LogP contribution in [0.25, 0.3) is 43.8 Å². The molecule has 4 N–H and O–H groups in total. The highest BCUT2D eigenvalue weighted by Gasteiger charge is 2.16. The van der Waals surface area contributed by atoms with Crippen LogP contribution in [0, 0.1) is 27.7 Å². The molecule has 70 heavy (non-hydrogen) atoms. The first-order valence-corrected chi connectivity index (χ1v) is 24.0. The maximum atomic E-state index is 12.8. The summed E-state index contributed by atoms with van der Waals surface area (Å²) in [7, 11) is 0. The Morgan fingerprint density at radius 3 is 1.40 bits per heavy atom. The molecule has 2 aromatic heterocycles. The van der Waals surface area contributed by atoms with Gasteiger partial charge in [0.05, 0.1) is 49.2 Å². The lowest BCUT2D eigenvalue weighted by Crippen LogP contribution is -2.35. The fraction of sp³-hybridized carbons (Fsp3) is 0.241. The number of anilines is 4. The molecule has 6 aromatic carbocycles. The molecule has 8 aromatic rings. The number of hydrogen-bond donors (Lipinski definition) is 4. The van der Waals surface area contributed by atoms with E-state index < -0.39 is 0 Å². The van der Waals surface area contributed by atoms with Crippen LogP contribution < -0.4 is 21.3 Å². The maximum Gasteiger partial charge on any atom is 0.323 e. The van der Waals surface area contributed by atoms with Gasteiger partial charge < -0.3 is 30.7 Å². The van der Waals surface area contributed by atoms with Crippen molar-refractivity contribution >= 4 is 56.4 Å². The molecule has 0 radical (unpaired) electrons. The van der Waals surface area contributed by atoms with Crippen molar-refractivity contribution in [2.75, 3.05) is 73.9 Å². The predicted octanol–water partition coefficient (Wildman–Crippen LogP) is 12.0. The predicted molar refractivity (Wildman–Crippen MR) is 284 cm³/mol. The number of nitrogens with zero attached hydrogens (tertiary/aromatic N) is 4. The van der Waals surface area contributed by atoms with Crippen molar-refractivity contribution in [1.29, 1.82) is 0 Å². The van der Waals surface area contributed by atoms with E-state index >= 15 is 0 Å². The van der Waals surface area contributed by atoms with Gasteiger partial charge in [-0.1, -0.05) is 103 Å². The van der Waals surface area contributed by atoms with Crippen molar-refractivity contribution in [1.82, 2.24) is 19.8 Å². The lowest BCUT2D eigenvalue weighted by Gasteiger charge is -2.26. The van der Waals surface area contributed by atoms with Crippen LogP contribution in [0.1, 0.15) is 33.6 Å².